The predicted octanol–water partition coefficient (Wildman–Crippen LogP) is 2.38. The molecule has 0 bridgehead atoms. The molecule has 3 aromatic rings. The topological polar surface area (TPSA) is 101 Å². The highest BCUT2D eigenvalue weighted by Gasteiger charge is 2.12. The number of rotatable bonds is 4. The molecule has 1 aromatic carbocycles. The van der Waals surface area contributed by atoms with Gasteiger partial charge in [0.1, 0.15) is 0 Å². The number of nitrogens with zero attached hydrogens (tertiary/aromatic N) is 2. The van der Waals surface area contributed by atoms with E-state index in [4.69, 9.17) is 0 Å². The highest BCUT2D eigenvalue weighted by atomic mass is 32.2. The Labute approximate surface area is 134 Å². The second-order valence-corrected chi connectivity index (χ2v) is 8.04. The largest absolute Gasteiger partial charge is 0.298 e. The highest BCUT2D eigenvalue weighted by molar-refractivity contribution is 7.92. The molecule has 3 rings (SSSR count). The number of amides is 1. The molecule has 22 heavy (non-hydrogen) atoms. The SMILES string of the molecule is CS(=O)(=O)Nc1nc2ccc(C(=O)Nc3nccs3)cc2s1. The van der Waals surface area contributed by atoms with Crippen LogP contribution in [0.2, 0.25) is 0 Å². The van der Waals surface area contributed by atoms with Gasteiger partial charge in [-0.05, 0) is 18.2 Å². The van der Waals surface area contributed by atoms with Gasteiger partial charge in [0.25, 0.3) is 5.91 Å². The van der Waals surface area contributed by atoms with E-state index in [-0.39, 0.29) is 11.0 Å². The molecule has 0 aliphatic heterocycles. The zero-order chi connectivity index (χ0) is 15.7. The van der Waals surface area contributed by atoms with Crippen molar-refractivity contribution in [2.45, 2.75) is 0 Å². The molecule has 0 fully saturated rings. The van der Waals surface area contributed by atoms with Crippen LogP contribution in [0.1, 0.15) is 10.4 Å². The number of hydrogen-bond donors (Lipinski definition) is 2. The molecular formula is C12H10N4O3S3. The maximum atomic E-state index is 12.1. The molecule has 1 amide bonds. The molecule has 2 aromatic heterocycles. The van der Waals surface area contributed by atoms with Crippen LogP contribution in [0.25, 0.3) is 10.2 Å². The first-order chi connectivity index (χ1) is 10.4. The normalized spacial score (nSPS) is 11.5. The fraction of sp³-hybridized carbons (Fsp3) is 0.0833. The number of carbonyl (C=O) groups is 1. The van der Waals surface area contributed by atoms with Crippen LogP contribution in [-0.4, -0.2) is 30.5 Å². The second-order valence-electron chi connectivity index (χ2n) is 4.37. The van der Waals surface area contributed by atoms with Crippen LogP contribution in [-0.2, 0) is 10.0 Å². The number of fused-ring (bicyclic) bond motifs is 1. The van der Waals surface area contributed by atoms with Crippen LogP contribution in [0.15, 0.2) is 29.8 Å². The van der Waals surface area contributed by atoms with Crippen LogP contribution < -0.4 is 10.0 Å². The third-order valence-corrected chi connectivity index (χ3v) is 4.89. The molecule has 2 N–H and O–H groups in total. The van der Waals surface area contributed by atoms with Crippen molar-refractivity contribution < 1.29 is 13.2 Å². The quantitative estimate of drug-likeness (QED) is 0.749. The van der Waals surface area contributed by atoms with Gasteiger partial charge in [-0.3, -0.25) is 14.8 Å². The first-order valence-electron chi connectivity index (χ1n) is 6.00. The summed E-state index contributed by atoms with van der Waals surface area (Å²) in [7, 11) is -3.37. The molecule has 2 heterocycles. The average Bonchev–Trinajstić information content (AvgIpc) is 3.04. The fourth-order valence-corrected chi connectivity index (χ4v) is 3.99. The van der Waals surface area contributed by atoms with Crippen molar-refractivity contribution in [3.05, 3.63) is 35.3 Å². The maximum Gasteiger partial charge on any atom is 0.257 e. The number of aromatic nitrogens is 2. The Kier molecular flexibility index (Phi) is 3.81. The second kappa shape index (κ2) is 5.63. The van der Waals surface area contributed by atoms with Crippen molar-refractivity contribution in [1.82, 2.24) is 9.97 Å². The van der Waals surface area contributed by atoms with Crippen molar-refractivity contribution in [3.63, 3.8) is 0 Å². The smallest absolute Gasteiger partial charge is 0.257 e. The first kappa shape index (κ1) is 14.9. The molecular weight excluding hydrogens is 344 g/mol. The van der Waals surface area contributed by atoms with Crippen LogP contribution in [0, 0.1) is 0 Å². The lowest BCUT2D eigenvalue weighted by atomic mass is 10.2. The standard InChI is InChI=1S/C12H10N4O3S3/c1-22(18,19)16-12-14-8-3-2-7(6-9(8)21-12)10(17)15-11-13-4-5-20-11/h2-6H,1H3,(H,14,16)(H,13,15,17). The van der Waals surface area contributed by atoms with Gasteiger partial charge in [-0.2, -0.15) is 0 Å². The number of carbonyl (C=O) groups excluding carboxylic acids is 1. The molecule has 0 atom stereocenters. The van der Waals surface area contributed by atoms with E-state index in [1.165, 1.54) is 22.7 Å². The molecule has 0 aliphatic rings. The molecule has 114 valence electrons. The zero-order valence-electron chi connectivity index (χ0n) is 11.2. The van der Waals surface area contributed by atoms with Crippen molar-refractivity contribution in [2.75, 3.05) is 16.3 Å². The molecule has 0 aliphatic carbocycles. The summed E-state index contributed by atoms with van der Waals surface area (Å²) in [5.74, 6) is -0.275. The minimum Gasteiger partial charge on any atom is -0.298 e. The molecule has 0 unspecified atom stereocenters. The molecule has 7 nitrogen and oxygen atoms in total. The van der Waals surface area contributed by atoms with E-state index < -0.39 is 10.0 Å². The van der Waals surface area contributed by atoms with Crippen molar-refractivity contribution in [1.29, 1.82) is 0 Å². The van der Waals surface area contributed by atoms with Crippen LogP contribution in [0.3, 0.4) is 0 Å². The minimum absolute atomic E-state index is 0.273. The van der Waals surface area contributed by atoms with E-state index in [0.717, 1.165) is 11.0 Å². The summed E-state index contributed by atoms with van der Waals surface area (Å²) in [5.41, 5.74) is 1.08. The van der Waals surface area contributed by atoms with Gasteiger partial charge in [-0.15, -0.1) is 11.3 Å². The zero-order valence-corrected chi connectivity index (χ0v) is 13.7. The predicted molar refractivity (Wildman–Crippen MR) is 88.2 cm³/mol. The molecule has 0 saturated heterocycles. The Balaban J connectivity index is 1.87. The van der Waals surface area contributed by atoms with E-state index in [1.807, 2.05) is 0 Å². The lowest BCUT2D eigenvalue weighted by Crippen LogP contribution is -2.11. The van der Waals surface area contributed by atoms with E-state index >= 15 is 0 Å². The third-order valence-electron chi connectivity index (χ3n) is 2.58. The molecule has 0 saturated carbocycles. The third kappa shape index (κ3) is 3.40. The van der Waals surface area contributed by atoms with Gasteiger partial charge in [0.05, 0.1) is 16.5 Å². The number of nitrogens with one attached hydrogen (secondary N) is 2. The number of thiazole rings is 2. The van der Waals surface area contributed by atoms with Crippen LogP contribution in [0.4, 0.5) is 10.3 Å². The van der Waals surface area contributed by atoms with Gasteiger partial charge >= 0.3 is 0 Å². The Morgan fingerprint density at radius 3 is 2.77 bits per heavy atom. The van der Waals surface area contributed by atoms with Gasteiger partial charge in [0.15, 0.2) is 10.3 Å². The lowest BCUT2D eigenvalue weighted by molar-refractivity contribution is 0.102. The molecule has 0 radical (unpaired) electrons. The Morgan fingerprint density at radius 1 is 1.27 bits per heavy atom. The van der Waals surface area contributed by atoms with Crippen molar-refractivity contribution in [3.8, 4) is 0 Å². The summed E-state index contributed by atoms with van der Waals surface area (Å²) in [6.45, 7) is 0. The summed E-state index contributed by atoms with van der Waals surface area (Å²) < 4.78 is 25.5. The summed E-state index contributed by atoms with van der Waals surface area (Å²) in [6.07, 6.45) is 2.67. The maximum absolute atomic E-state index is 12.1. The van der Waals surface area contributed by atoms with Crippen molar-refractivity contribution >= 4 is 59.1 Å². The van der Waals surface area contributed by atoms with Gasteiger partial charge in [0, 0.05) is 17.1 Å². The number of benzene rings is 1. The monoisotopic (exact) mass is 354 g/mol. The van der Waals surface area contributed by atoms with Crippen LogP contribution >= 0.6 is 22.7 Å². The van der Waals surface area contributed by atoms with E-state index in [0.29, 0.717) is 16.2 Å². The summed E-state index contributed by atoms with van der Waals surface area (Å²) in [5, 5.41) is 5.25. The molecule has 0 spiro atoms. The Hall–Kier alpha value is -2.04. The summed E-state index contributed by atoms with van der Waals surface area (Å²) in [6, 6.07) is 4.98. The number of hydrogen-bond acceptors (Lipinski definition) is 7. The minimum atomic E-state index is -3.37. The molecule has 10 heteroatoms. The van der Waals surface area contributed by atoms with Gasteiger partial charge in [-0.1, -0.05) is 11.3 Å². The van der Waals surface area contributed by atoms with Crippen LogP contribution in [0.5, 0.6) is 0 Å². The van der Waals surface area contributed by atoms with Gasteiger partial charge in [0.2, 0.25) is 10.0 Å². The average molecular weight is 354 g/mol. The summed E-state index contributed by atoms with van der Waals surface area (Å²) in [4.78, 5) is 20.3. The first-order valence-corrected chi connectivity index (χ1v) is 9.59. The fourth-order valence-electron chi connectivity index (χ4n) is 1.72. The number of sulfonamides is 1. The van der Waals surface area contributed by atoms with E-state index in [9.17, 15) is 13.2 Å². The van der Waals surface area contributed by atoms with Crippen molar-refractivity contribution in [2.24, 2.45) is 0 Å². The van der Waals surface area contributed by atoms with E-state index in [1.54, 1.807) is 29.8 Å². The Morgan fingerprint density at radius 2 is 2.09 bits per heavy atom. The summed E-state index contributed by atoms with van der Waals surface area (Å²) >= 11 is 2.50. The number of anilines is 2. The van der Waals surface area contributed by atoms with Gasteiger partial charge in [-0.25, -0.2) is 18.4 Å². The lowest BCUT2D eigenvalue weighted by Gasteiger charge is -2.01. The Bertz CT molecular complexity index is 932. The van der Waals surface area contributed by atoms with E-state index in [2.05, 4.69) is 20.0 Å². The van der Waals surface area contributed by atoms with Gasteiger partial charge < -0.3 is 0 Å². The highest BCUT2D eigenvalue weighted by Crippen LogP contribution is 2.27.